The van der Waals surface area contributed by atoms with E-state index in [2.05, 4.69) is 15.4 Å². The van der Waals surface area contributed by atoms with Crippen LogP contribution in [-0.2, 0) is 14.3 Å². The van der Waals surface area contributed by atoms with Crippen molar-refractivity contribution in [3.05, 3.63) is 30.3 Å². The van der Waals surface area contributed by atoms with Crippen molar-refractivity contribution < 1.29 is 14.3 Å². The second-order valence-electron chi connectivity index (χ2n) is 3.30. The lowest BCUT2D eigenvalue weighted by Crippen LogP contribution is -2.34. The molecule has 0 atom stereocenters. The van der Waals surface area contributed by atoms with E-state index >= 15 is 0 Å². The standard InChI is InChI=1S/C12H16N2O3/c1-2-17-12(16)9-14-11(15)8-13-10-6-4-3-5-7-10/h3-7,13H,2,8-9H2,1H3,(H,14,15). The van der Waals surface area contributed by atoms with Gasteiger partial charge in [0.1, 0.15) is 6.54 Å². The van der Waals surface area contributed by atoms with Gasteiger partial charge in [0.05, 0.1) is 13.2 Å². The number of anilines is 1. The topological polar surface area (TPSA) is 67.4 Å². The fourth-order valence-electron chi connectivity index (χ4n) is 1.18. The molecule has 0 aliphatic rings. The van der Waals surface area contributed by atoms with Crippen LogP contribution in [0, 0.1) is 0 Å². The molecule has 1 rings (SSSR count). The highest BCUT2D eigenvalue weighted by Crippen LogP contribution is 2.03. The first-order valence-corrected chi connectivity index (χ1v) is 5.43. The summed E-state index contributed by atoms with van der Waals surface area (Å²) in [7, 11) is 0. The smallest absolute Gasteiger partial charge is 0.325 e. The molecule has 5 nitrogen and oxygen atoms in total. The van der Waals surface area contributed by atoms with Crippen molar-refractivity contribution in [1.82, 2.24) is 5.32 Å². The zero-order valence-corrected chi connectivity index (χ0v) is 9.73. The number of carbonyl (C=O) groups is 2. The molecule has 0 unspecified atom stereocenters. The van der Waals surface area contributed by atoms with Gasteiger partial charge in [0.2, 0.25) is 5.91 Å². The van der Waals surface area contributed by atoms with Crippen molar-refractivity contribution in [3.8, 4) is 0 Å². The van der Waals surface area contributed by atoms with E-state index in [0.717, 1.165) is 5.69 Å². The van der Waals surface area contributed by atoms with E-state index in [4.69, 9.17) is 0 Å². The third kappa shape index (κ3) is 5.55. The largest absolute Gasteiger partial charge is 0.465 e. The third-order valence-electron chi connectivity index (χ3n) is 1.96. The lowest BCUT2D eigenvalue weighted by Gasteiger charge is -2.07. The summed E-state index contributed by atoms with van der Waals surface area (Å²) < 4.78 is 4.68. The Kier molecular flexibility index (Phi) is 5.57. The molecule has 0 saturated carbocycles. The minimum atomic E-state index is -0.430. The average molecular weight is 236 g/mol. The maximum atomic E-state index is 11.3. The van der Waals surface area contributed by atoms with Gasteiger partial charge in [-0.1, -0.05) is 18.2 Å². The van der Waals surface area contributed by atoms with Crippen molar-refractivity contribution in [2.24, 2.45) is 0 Å². The number of nitrogens with one attached hydrogen (secondary N) is 2. The normalized spacial score (nSPS) is 9.47. The predicted molar refractivity (Wildman–Crippen MR) is 64.6 cm³/mol. The first kappa shape index (κ1) is 13.0. The quantitative estimate of drug-likeness (QED) is 0.716. The molecule has 0 heterocycles. The Labute approximate surface area is 100 Å². The van der Waals surface area contributed by atoms with Gasteiger partial charge in [-0.25, -0.2) is 0 Å². The van der Waals surface area contributed by atoms with Gasteiger partial charge in [-0.15, -0.1) is 0 Å². The number of rotatable bonds is 6. The van der Waals surface area contributed by atoms with E-state index in [1.165, 1.54) is 0 Å². The van der Waals surface area contributed by atoms with Gasteiger partial charge in [0, 0.05) is 5.69 Å². The molecule has 0 bridgehead atoms. The maximum absolute atomic E-state index is 11.3. The molecule has 0 saturated heterocycles. The third-order valence-corrected chi connectivity index (χ3v) is 1.96. The van der Waals surface area contributed by atoms with Crippen molar-refractivity contribution >= 4 is 17.6 Å². The molecule has 0 aliphatic heterocycles. The zero-order valence-electron chi connectivity index (χ0n) is 9.73. The number of hydrogen-bond donors (Lipinski definition) is 2. The highest BCUT2D eigenvalue weighted by molar-refractivity contribution is 5.84. The Morgan fingerprint density at radius 3 is 2.53 bits per heavy atom. The second kappa shape index (κ2) is 7.27. The van der Waals surface area contributed by atoms with Gasteiger partial charge in [-0.3, -0.25) is 9.59 Å². The second-order valence-corrected chi connectivity index (χ2v) is 3.30. The van der Waals surface area contributed by atoms with E-state index < -0.39 is 5.97 Å². The fourth-order valence-corrected chi connectivity index (χ4v) is 1.18. The summed E-state index contributed by atoms with van der Waals surface area (Å²) >= 11 is 0. The molecule has 1 aromatic carbocycles. The number of esters is 1. The molecular weight excluding hydrogens is 220 g/mol. The van der Waals surface area contributed by atoms with Crippen molar-refractivity contribution in [3.63, 3.8) is 0 Å². The van der Waals surface area contributed by atoms with Gasteiger partial charge < -0.3 is 15.4 Å². The predicted octanol–water partition coefficient (Wildman–Crippen LogP) is 0.778. The van der Waals surface area contributed by atoms with Crippen LogP contribution in [0.3, 0.4) is 0 Å². The summed E-state index contributed by atoms with van der Waals surface area (Å²) in [4.78, 5) is 22.3. The Morgan fingerprint density at radius 2 is 1.88 bits per heavy atom. The van der Waals surface area contributed by atoms with E-state index in [1.807, 2.05) is 30.3 Å². The van der Waals surface area contributed by atoms with E-state index in [0.29, 0.717) is 6.61 Å². The van der Waals surface area contributed by atoms with Crippen LogP contribution < -0.4 is 10.6 Å². The Balaban J connectivity index is 2.20. The number of carbonyl (C=O) groups excluding carboxylic acids is 2. The summed E-state index contributed by atoms with van der Waals surface area (Å²) in [6.45, 7) is 2.07. The van der Waals surface area contributed by atoms with Crippen LogP contribution in [-0.4, -0.2) is 31.6 Å². The first-order valence-electron chi connectivity index (χ1n) is 5.43. The zero-order chi connectivity index (χ0) is 12.5. The highest BCUT2D eigenvalue weighted by atomic mass is 16.5. The van der Waals surface area contributed by atoms with Crippen LogP contribution in [0.2, 0.25) is 0 Å². The highest BCUT2D eigenvalue weighted by Gasteiger charge is 2.05. The van der Waals surface area contributed by atoms with E-state index in [9.17, 15) is 9.59 Å². The van der Waals surface area contributed by atoms with Crippen LogP contribution in [0.15, 0.2) is 30.3 Å². The van der Waals surface area contributed by atoms with Gasteiger partial charge in [0.15, 0.2) is 0 Å². The lowest BCUT2D eigenvalue weighted by molar-refractivity contribution is -0.143. The molecular formula is C12H16N2O3. The average Bonchev–Trinajstić information content (AvgIpc) is 2.35. The molecule has 92 valence electrons. The maximum Gasteiger partial charge on any atom is 0.325 e. The summed E-state index contributed by atoms with van der Waals surface area (Å²) in [5, 5.41) is 5.40. The number of para-hydroxylation sites is 1. The molecule has 1 aromatic rings. The Bertz CT molecular complexity index is 365. The van der Waals surface area contributed by atoms with E-state index in [1.54, 1.807) is 6.92 Å². The molecule has 2 N–H and O–H groups in total. The van der Waals surface area contributed by atoms with Crippen LogP contribution in [0.25, 0.3) is 0 Å². The molecule has 17 heavy (non-hydrogen) atoms. The molecule has 1 amide bonds. The molecule has 0 fully saturated rings. The lowest BCUT2D eigenvalue weighted by atomic mass is 10.3. The van der Waals surface area contributed by atoms with E-state index in [-0.39, 0.29) is 19.0 Å². The number of ether oxygens (including phenoxy) is 1. The Hall–Kier alpha value is -2.04. The monoisotopic (exact) mass is 236 g/mol. The number of benzene rings is 1. The fraction of sp³-hybridized carbons (Fsp3) is 0.333. The molecule has 0 spiro atoms. The minimum Gasteiger partial charge on any atom is -0.465 e. The van der Waals surface area contributed by atoms with Crippen LogP contribution in [0.4, 0.5) is 5.69 Å². The Morgan fingerprint density at radius 1 is 1.18 bits per heavy atom. The molecule has 0 radical (unpaired) electrons. The van der Waals surface area contributed by atoms with Crippen LogP contribution in [0.1, 0.15) is 6.92 Å². The number of hydrogen-bond acceptors (Lipinski definition) is 4. The molecule has 0 aliphatic carbocycles. The molecule has 5 heteroatoms. The van der Waals surface area contributed by atoms with Crippen molar-refractivity contribution in [2.45, 2.75) is 6.92 Å². The van der Waals surface area contributed by atoms with Crippen LogP contribution >= 0.6 is 0 Å². The van der Waals surface area contributed by atoms with Gasteiger partial charge in [0.25, 0.3) is 0 Å². The first-order chi connectivity index (χ1) is 8.22. The summed E-state index contributed by atoms with van der Waals surface area (Å²) in [6, 6.07) is 9.36. The molecule has 0 aromatic heterocycles. The summed E-state index contributed by atoms with van der Waals surface area (Å²) in [6.07, 6.45) is 0. The van der Waals surface area contributed by atoms with Gasteiger partial charge >= 0.3 is 5.97 Å². The SMILES string of the molecule is CCOC(=O)CNC(=O)CNc1ccccc1. The van der Waals surface area contributed by atoms with Crippen LogP contribution in [0.5, 0.6) is 0 Å². The van der Waals surface area contributed by atoms with Crippen molar-refractivity contribution in [2.75, 3.05) is 25.0 Å². The minimum absolute atomic E-state index is 0.0941. The van der Waals surface area contributed by atoms with Gasteiger partial charge in [-0.05, 0) is 19.1 Å². The van der Waals surface area contributed by atoms with Gasteiger partial charge in [-0.2, -0.15) is 0 Å². The summed E-state index contributed by atoms with van der Waals surface area (Å²) in [5.74, 6) is -0.678. The van der Waals surface area contributed by atoms with Crippen molar-refractivity contribution in [1.29, 1.82) is 0 Å². The summed E-state index contributed by atoms with van der Waals surface area (Å²) in [5.41, 5.74) is 0.860. The number of amides is 1.